The fraction of sp³-hybridized carbons (Fsp3) is 0.625. The molecule has 0 amide bonds. The van der Waals surface area contributed by atoms with Crippen LogP contribution in [0.15, 0.2) is 0 Å². The molecule has 0 aliphatic carbocycles. The molecule has 0 spiro atoms. The molecule has 0 rings (SSSR count). The van der Waals surface area contributed by atoms with E-state index in [1.807, 2.05) is 0 Å². The third kappa shape index (κ3) is 8.16. The molecule has 0 saturated heterocycles. The van der Waals surface area contributed by atoms with Gasteiger partial charge in [0.05, 0.1) is 0 Å². The maximum atomic E-state index is 10.6. The summed E-state index contributed by atoms with van der Waals surface area (Å²) in [5.74, 6) is 0.267. The summed E-state index contributed by atoms with van der Waals surface area (Å²) in [6, 6.07) is 0. The molecular formula is C8H14NiO. The Morgan fingerprint density at radius 3 is 2.20 bits per heavy atom. The summed E-state index contributed by atoms with van der Waals surface area (Å²) < 4.78 is 0. The smallest absolute Gasteiger partial charge is 0.343 e. The van der Waals surface area contributed by atoms with Crippen LogP contribution in [-0.4, -0.2) is 5.78 Å². The van der Waals surface area contributed by atoms with E-state index in [-0.39, 0.29) is 22.3 Å². The van der Waals surface area contributed by atoms with Gasteiger partial charge in [-0.25, -0.2) is 0 Å². The summed E-state index contributed by atoms with van der Waals surface area (Å²) >= 11 is 0. The number of ketones is 1. The first-order valence-electron chi connectivity index (χ1n) is 3.41. The third-order valence-corrected chi connectivity index (χ3v) is 1.23. The Bertz CT molecular complexity index is 81.3. The molecule has 0 aromatic heterocycles. The molecule has 0 bridgehead atoms. The van der Waals surface area contributed by atoms with E-state index in [4.69, 9.17) is 0 Å². The molecule has 0 aliphatic rings. The molecule has 0 heterocycles. The van der Waals surface area contributed by atoms with Crippen LogP contribution >= 0.6 is 0 Å². The minimum absolute atomic E-state index is 0. The van der Waals surface area contributed by atoms with Gasteiger partial charge >= 0.3 is 16.5 Å². The fourth-order valence-corrected chi connectivity index (χ4v) is 0.624. The molecule has 0 saturated carbocycles. The van der Waals surface area contributed by atoms with E-state index in [2.05, 4.69) is 13.8 Å². The van der Waals surface area contributed by atoms with Crippen LogP contribution in [0.2, 0.25) is 0 Å². The van der Waals surface area contributed by atoms with Gasteiger partial charge in [-0.1, -0.05) is 6.42 Å². The van der Waals surface area contributed by atoms with Crippen molar-refractivity contribution in [3.8, 4) is 0 Å². The van der Waals surface area contributed by atoms with Gasteiger partial charge in [-0.05, 0) is 6.42 Å². The molecule has 0 N–H and O–H groups in total. The van der Waals surface area contributed by atoms with Crippen molar-refractivity contribution in [3.05, 3.63) is 13.8 Å². The minimum atomic E-state index is 0. The zero-order valence-corrected chi connectivity index (χ0v) is 7.16. The summed E-state index contributed by atoms with van der Waals surface area (Å²) in [7, 11) is 0. The average molecular weight is 185 g/mol. The Hall–Kier alpha value is 0.164. The molecule has 62 valence electrons. The Morgan fingerprint density at radius 1 is 1.20 bits per heavy atom. The second-order valence-corrected chi connectivity index (χ2v) is 2.10. The van der Waals surface area contributed by atoms with Gasteiger partial charge in [0.15, 0.2) is 0 Å². The van der Waals surface area contributed by atoms with E-state index in [0.29, 0.717) is 12.8 Å². The molecular weight excluding hydrogens is 171 g/mol. The number of carbonyl (C=O) groups is 1. The Balaban J connectivity index is 0. The Morgan fingerprint density at radius 2 is 1.80 bits per heavy atom. The molecule has 2 heteroatoms. The molecule has 0 atom stereocenters. The second kappa shape index (κ2) is 9.16. The quantitative estimate of drug-likeness (QED) is 0.364. The second-order valence-electron chi connectivity index (χ2n) is 2.10. The SMILES string of the molecule is [CH2-]CCCCC(=O)C[CH2-].[Ni+2]. The molecule has 0 unspecified atom stereocenters. The predicted molar refractivity (Wildman–Crippen MR) is 38.8 cm³/mol. The van der Waals surface area contributed by atoms with Gasteiger partial charge in [-0.3, -0.25) is 0 Å². The van der Waals surface area contributed by atoms with Crippen LogP contribution in [0.4, 0.5) is 0 Å². The molecule has 0 aromatic carbocycles. The van der Waals surface area contributed by atoms with Crippen molar-refractivity contribution in [1.82, 2.24) is 0 Å². The van der Waals surface area contributed by atoms with Crippen LogP contribution in [0.1, 0.15) is 32.1 Å². The molecule has 0 radical (unpaired) electrons. The van der Waals surface area contributed by atoms with Crippen LogP contribution in [-0.2, 0) is 21.3 Å². The van der Waals surface area contributed by atoms with E-state index in [0.717, 1.165) is 19.3 Å². The van der Waals surface area contributed by atoms with Crippen molar-refractivity contribution in [2.75, 3.05) is 0 Å². The van der Waals surface area contributed by atoms with Gasteiger partial charge in [0.2, 0.25) is 0 Å². The van der Waals surface area contributed by atoms with Crippen LogP contribution in [0.25, 0.3) is 0 Å². The summed E-state index contributed by atoms with van der Waals surface area (Å²) in [6.45, 7) is 7.18. The van der Waals surface area contributed by atoms with Crippen molar-refractivity contribution < 1.29 is 21.3 Å². The first-order valence-corrected chi connectivity index (χ1v) is 3.41. The van der Waals surface area contributed by atoms with Gasteiger partial charge < -0.3 is 18.6 Å². The van der Waals surface area contributed by atoms with Crippen molar-refractivity contribution >= 4 is 5.78 Å². The number of unbranched alkanes of at least 4 members (excludes halogenated alkanes) is 2. The minimum Gasteiger partial charge on any atom is -0.343 e. The van der Waals surface area contributed by atoms with Crippen molar-refractivity contribution in [2.24, 2.45) is 0 Å². The van der Waals surface area contributed by atoms with Gasteiger partial charge in [0.25, 0.3) is 0 Å². The number of hydrogen-bond donors (Lipinski definition) is 0. The van der Waals surface area contributed by atoms with E-state index in [9.17, 15) is 4.79 Å². The number of hydrogen-bond acceptors (Lipinski definition) is 1. The maximum absolute atomic E-state index is 10.6. The van der Waals surface area contributed by atoms with Gasteiger partial charge in [0.1, 0.15) is 5.78 Å². The van der Waals surface area contributed by atoms with Gasteiger partial charge in [0, 0.05) is 6.42 Å². The predicted octanol–water partition coefficient (Wildman–Crippen LogP) is 2.17. The normalized spacial score (nSPS) is 8.60. The molecule has 0 aliphatic heterocycles. The summed E-state index contributed by atoms with van der Waals surface area (Å²) in [6.07, 6.45) is 4.12. The standard InChI is InChI=1S/C8H14O.Ni/c1-3-5-6-7-8(9)4-2;/h1-7H2;/q-2;+2. The average Bonchev–Trinajstić information content (AvgIpc) is 1.89. The van der Waals surface area contributed by atoms with Crippen LogP contribution in [0, 0.1) is 13.8 Å². The Kier molecular flexibility index (Phi) is 11.7. The third-order valence-electron chi connectivity index (χ3n) is 1.23. The monoisotopic (exact) mass is 184 g/mol. The van der Waals surface area contributed by atoms with Crippen molar-refractivity contribution in [3.63, 3.8) is 0 Å². The molecule has 10 heavy (non-hydrogen) atoms. The summed E-state index contributed by atoms with van der Waals surface area (Å²) in [5, 5.41) is 0. The maximum Gasteiger partial charge on any atom is 2.00 e. The zero-order chi connectivity index (χ0) is 7.11. The summed E-state index contributed by atoms with van der Waals surface area (Å²) in [5.41, 5.74) is 0. The van der Waals surface area contributed by atoms with Crippen LogP contribution < -0.4 is 0 Å². The van der Waals surface area contributed by atoms with Crippen LogP contribution in [0.5, 0.6) is 0 Å². The van der Waals surface area contributed by atoms with Crippen molar-refractivity contribution in [1.29, 1.82) is 0 Å². The van der Waals surface area contributed by atoms with Gasteiger partial charge in [-0.2, -0.15) is 6.42 Å². The Labute approximate surface area is 73.5 Å². The molecule has 0 aromatic rings. The number of carbonyl (C=O) groups excluding carboxylic acids is 1. The topological polar surface area (TPSA) is 17.1 Å². The zero-order valence-electron chi connectivity index (χ0n) is 6.17. The van der Waals surface area contributed by atoms with E-state index in [1.54, 1.807) is 0 Å². The summed E-state index contributed by atoms with van der Waals surface area (Å²) in [4.78, 5) is 10.6. The fourth-order valence-electron chi connectivity index (χ4n) is 0.624. The first kappa shape index (κ1) is 12.8. The van der Waals surface area contributed by atoms with E-state index < -0.39 is 0 Å². The number of Topliss-reactive ketones (excluding diaryl/α,β-unsaturated/α-hetero) is 1. The van der Waals surface area contributed by atoms with E-state index in [1.165, 1.54) is 0 Å². The van der Waals surface area contributed by atoms with Crippen LogP contribution in [0.3, 0.4) is 0 Å². The van der Waals surface area contributed by atoms with E-state index >= 15 is 0 Å². The molecule has 1 nitrogen and oxygen atoms in total. The number of rotatable bonds is 5. The molecule has 0 fully saturated rings. The largest absolute Gasteiger partial charge is 2.00 e. The first-order chi connectivity index (χ1) is 4.31. The van der Waals surface area contributed by atoms with Gasteiger partial charge in [-0.15, -0.1) is 6.42 Å². The van der Waals surface area contributed by atoms with Crippen molar-refractivity contribution in [2.45, 2.75) is 32.1 Å².